The van der Waals surface area contributed by atoms with E-state index < -0.39 is 121 Å². The van der Waals surface area contributed by atoms with Gasteiger partial charge < -0.3 is 18.3 Å². The average molecular weight is 1510 g/mol. The Morgan fingerprint density at radius 1 is 0.202 bits per heavy atom. The molecule has 114 heavy (non-hydrogen) atoms. The topological polar surface area (TPSA) is 97.1 Å². The molecule has 0 spiro atoms. The Hall–Kier alpha value is -14.8. The number of fused-ring (bicyclic) bond motifs is 18. The molecular formula is C102H62N10S2. The Kier molecular flexibility index (Phi) is 11.1. The smallest absolute Gasteiger partial charge is 0.164 e. The summed E-state index contributed by atoms with van der Waals surface area (Å²) in [6.45, 7) is 0. The molecule has 0 fully saturated rings. The van der Waals surface area contributed by atoms with Crippen LogP contribution >= 0.6 is 22.7 Å². The highest BCUT2D eigenvalue weighted by molar-refractivity contribution is 7.26. The van der Waals surface area contributed by atoms with E-state index in [1.54, 1.807) is 22.7 Å². The summed E-state index contributed by atoms with van der Waals surface area (Å²) in [5, 5.41) is 13.0. The first kappa shape index (κ1) is 48.0. The predicted molar refractivity (Wildman–Crippen MR) is 475 cm³/mol. The third-order valence-electron chi connectivity index (χ3n) is 21.1. The zero-order valence-electron chi connectivity index (χ0n) is 79.5. The van der Waals surface area contributed by atoms with Crippen LogP contribution in [0.15, 0.2) is 376 Å². The van der Waals surface area contributed by atoms with Gasteiger partial charge in [-0.1, -0.05) is 266 Å². The maximum Gasteiger partial charge on any atom is 0.164 e. The lowest BCUT2D eigenvalue weighted by Gasteiger charge is -2.12. The average Bonchev–Trinajstić information content (AvgIpc) is 1.55. The van der Waals surface area contributed by atoms with Gasteiger partial charge in [-0.2, -0.15) is 0 Å². The largest absolute Gasteiger partial charge is 0.309 e. The van der Waals surface area contributed by atoms with E-state index in [-0.39, 0.29) is 57.2 Å². The number of para-hydroxylation sites is 6. The Labute approximate surface area is 689 Å². The van der Waals surface area contributed by atoms with E-state index in [9.17, 15) is 0 Å². The second-order valence-corrected chi connectivity index (χ2v) is 29.6. The summed E-state index contributed by atoms with van der Waals surface area (Å²) in [5.74, 6) is -1.22. The van der Waals surface area contributed by atoms with E-state index in [0.29, 0.717) is 11.1 Å². The third-order valence-corrected chi connectivity index (χ3v) is 23.3. The number of rotatable bonds is 10. The lowest BCUT2D eigenvalue weighted by atomic mass is 10.1. The van der Waals surface area contributed by atoms with Crippen molar-refractivity contribution in [3.63, 3.8) is 0 Å². The zero-order chi connectivity index (χ0) is 92.3. The van der Waals surface area contributed by atoms with Gasteiger partial charge in [-0.3, -0.25) is 0 Å². The predicted octanol–water partition coefficient (Wildman–Crippen LogP) is 26.9. The summed E-state index contributed by atoms with van der Waals surface area (Å²) in [6.07, 6.45) is 0. The minimum Gasteiger partial charge on any atom is -0.309 e. The van der Waals surface area contributed by atoms with Crippen molar-refractivity contribution in [1.82, 2.24) is 48.2 Å². The second kappa shape index (κ2) is 26.5. The molecule has 0 radical (unpaired) electrons. The SMILES string of the molecule is [2H]c1c([2H])c([2H])c(-c2nc(-c3ccc4c(c3)sc3cccc(-n5c6ccccc6c6cc7c(cc65)c5ccccc5n7-c5ccccc5)c34)nc(-c3c([2H])c([2H])c([2H])c([2H])c3[2H])n2)c([2H])c1[2H].[2H]c1c([2H])c([2H])c(-c2nc(-c3ccc4c(c3)sc3cccc(-n5c6ccccc6c6cc7c8ccccc8n(-c8ccccc8)c7cc65)c34)nc(-c3c([2H])c([2H])c([2H])c([2H])c3[2H])n2)c([2H])c1[2H]. The molecule has 12 heteroatoms. The summed E-state index contributed by atoms with van der Waals surface area (Å²) in [7, 11) is 0. The van der Waals surface area contributed by atoms with Gasteiger partial charge in [0, 0.05) is 128 Å². The summed E-state index contributed by atoms with van der Waals surface area (Å²) in [6, 6.07) is 76.2. The molecule has 0 N–H and O–H groups in total. The number of thiophene rings is 2. The van der Waals surface area contributed by atoms with Crippen molar-refractivity contribution >= 4 is 150 Å². The highest BCUT2D eigenvalue weighted by atomic mass is 32.1. The minimum absolute atomic E-state index is 0.0124. The zero-order valence-corrected chi connectivity index (χ0v) is 61.2. The number of benzene rings is 16. The van der Waals surface area contributed by atoms with E-state index in [0.717, 1.165) is 145 Å². The summed E-state index contributed by atoms with van der Waals surface area (Å²) in [5.41, 5.74) is 12.4. The molecule has 0 aliphatic carbocycles. The monoisotopic (exact) mass is 1510 g/mol. The first-order valence-electron chi connectivity index (χ1n) is 46.6. The molecule has 0 bridgehead atoms. The van der Waals surface area contributed by atoms with Crippen molar-refractivity contribution in [2.45, 2.75) is 0 Å². The summed E-state index contributed by atoms with van der Waals surface area (Å²) in [4.78, 5) is 27.6. The van der Waals surface area contributed by atoms with Gasteiger partial charge in [0.1, 0.15) is 0 Å². The van der Waals surface area contributed by atoms with Crippen LogP contribution in [0.2, 0.25) is 0 Å². The molecule has 10 nitrogen and oxygen atoms in total. The van der Waals surface area contributed by atoms with Crippen LogP contribution in [0.4, 0.5) is 0 Å². The molecule has 0 aliphatic rings. The lowest BCUT2D eigenvalue weighted by Crippen LogP contribution is -2.00. The highest BCUT2D eigenvalue weighted by Crippen LogP contribution is 2.48. The molecular weight excluding hydrogens is 1430 g/mol. The van der Waals surface area contributed by atoms with Gasteiger partial charge in [-0.05, 0) is 109 Å². The number of nitrogens with zero attached hydrogens (tertiary/aromatic N) is 10. The Bertz CT molecular complexity index is 9010. The second-order valence-electron chi connectivity index (χ2n) is 27.4. The Balaban J connectivity index is 0.000000151. The maximum absolute atomic E-state index is 8.74. The molecule has 24 rings (SSSR count). The fourth-order valence-electron chi connectivity index (χ4n) is 16.3. The molecule has 8 heterocycles. The number of hydrogen-bond donors (Lipinski definition) is 0. The van der Waals surface area contributed by atoms with Gasteiger partial charge in [-0.15, -0.1) is 22.7 Å². The first-order chi connectivity index (χ1) is 64.8. The van der Waals surface area contributed by atoms with Crippen LogP contribution in [-0.4, -0.2) is 48.2 Å². The van der Waals surface area contributed by atoms with Gasteiger partial charge in [-0.25, -0.2) is 29.9 Å². The van der Waals surface area contributed by atoms with Crippen LogP contribution in [0.1, 0.15) is 27.4 Å². The quantitative estimate of drug-likeness (QED) is 0.135. The van der Waals surface area contributed by atoms with E-state index >= 15 is 0 Å². The van der Waals surface area contributed by atoms with Crippen molar-refractivity contribution < 1.29 is 27.4 Å². The van der Waals surface area contributed by atoms with E-state index in [4.69, 9.17) is 27.4 Å². The van der Waals surface area contributed by atoms with Crippen molar-refractivity contribution in [2.24, 2.45) is 0 Å². The van der Waals surface area contributed by atoms with Gasteiger partial charge in [0.2, 0.25) is 0 Å². The first-order valence-corrected chi connectivity index (χ1v) is 38.2. The van der Waals surface area contributed by atoms with Crippen LogP contribution in [0.5, 0.6) is 0 Å². The van der Waals surface area contributed by atoms with Gasteiger partial charge >= 0.3 is 0 Å². The van der Waals surface area contributed by atoms with Gasteiger partial charge in [0.15, 0.2) is 34.9 Å². The van der Waals surface area contributed by atoms with Crippen LogP contribution in [0.3, 0.4) is 0 Å². The summed E-state index contributed by atoms with van der Waals surface area (Å²) < 4.78 is 183. The molecule has 0 amide bonds. The van der Waals surface area contributed by atoms with Crippen molar-refractivity contribution in [3.05, 3.63) is 376 Å². The lowest BCUT2D eigenvalue weighted by molar-refractivity contribution is 1.07. The minimum atomic E-state index is -0.601. The summed E-state index contributed by atoms with van der Waals surface area (Å²) >= 11 is 3.14. The standard InChI is InChI=1S/2C51H31N5S/c1-4-15-32(16-5-1)49-52-50(33-17-6-2-7-18-33)54-51(53-49)34-27-28-38-47(29-34)57-46-26-14-25-43(48(38)46)56-42-24-13-11-22-37(42)40-30-44-39(31-45(40)56)36-21-10-12-23-41(36)55(44)35-19-8-3-9-20-35;1-4-15-32(16-5-1)49-52-50(33-17-6-2-7-18-33)54-51(53-49)34-27-28-38-47(29-34)57-46-26-14-25-43(48(38)46)56-42-24-13-11-22-37(42)40-30-39-36-21-10-12-23-41(36)55(44(39)31-45(40)56)35-19-8-3-9-20-35/h2*1-31H/i2*1D,2D,4D,5D,6D,7D,15D,16D,17D,18D. The normalized spacial score (nSPS) is 14.3. The highest BCUT2D eigenvalue weighted by Gasteiger charge is 2.25. The maximum atomic E-state index is 8.74. The van der Waals surface area contributed by atoms with E-state index in [1.165, 1.54) is 5.39 Å². The molecule has 0 saturated carbocycles. The molecule has 532 valence electrons. The number of hydrogen-bond acceptors (Lipinski definition) is 8. The van der Waals surface area contributed by atoms with Crippen molar-refractivity contribution in [1.29, 1.82) is 0 Å². The van der Waals surface area contributed by atoms with E-state index in [2.05, 4.69) is 254 Å². The van der Waals surface area contributed by atoms with Gasteiger partial charge in [0.25, 0.3) is 0 Å². The van der Waals surface area contributed by atoms with Crippen LogP contribution in [0, 0.1) is 0 Å². The van der Waals surface area contributed by atoms with Crippen molar-refractivity contribution in [3.8, 4) is 91.1 Å². The van der Waals surface area contributed by atoms with Crippen LogP contribution in [-0.2, 0) is 0 Å². The van der Waals surface area contributed by atoms with E-state index in [1.807, 2.05) is 48.5 Å². The molecule has 0 unspecified atom stereocenters. The molecule has 16 aromatic carbocycles. The molecule has 24 aromatic rings. The molecule has 0 saturated heterocycles. The van der Waals surface area contributed by atoms with Gasteiger partial charge in [0.05, 0.1) is 82.9 Å². The van der Waals surface area contributed by atoms with Crippen molar-refractivity contribution in [2.75, 3.05) is 0 Å². The fourth-order valence-corrected chi connectivity index (χ4v) is 18.6. The number of aromatic nitrogens is 10. The Morgan fingerprint density at radius 2 is 0.500 bits per heavy atom. The molecule has 0 atom stereocenters. The van der Waals surface area contributed by atoms with Crippen LogP contribution in [0.25, 0.3) is 219 Å². The molecule has 8 aromatic heterocycles. The van der Waals surface area contributed by atoms with Crippen LogP contribution < -0.4 is 0 Å². The molecule has 0 aliphatic heterocycles. The third kappa shape index (κ3) is 10.6. The Morgan fingerprint density at radius 3 is 0.868 bits per heavy atom. The fraction of sp³-hybridized carbons (Fsp3) is 0.